The summed E-state index contributed by atoms with van der Waals surface area (Å²) in [6.07, 6.45) is 5.13. The zero-order chi connectivity index (χ0) is 20.6. The number of carbonyl (C=O) groups is 2. The number of hydrogen-bond acceptors (Lipinski definition) is 6. The molecular weight excluding hydrogens is 376 g/mol. The summed E-state index contributed by atoms with van der Waals surface area (Å²) in [5.41, 5.74) is 0.696. The van der Waals surface area contributed by atoms with Crippen LogP contribution >= 0.6 is 0 Å². The van der Waals surface area contributed by atoms with Crippen LogP contribution in [0, 0.1) is 10.1 Å². The van der Waals surface area contributed by atoms with E-state index in [-0.39, 0.29) is 30.1 Å². The van der Waals surface area contributed by atoms with Crippen LogP contribution in [-0.2, 0) is 9.53 Å². The molecule has 2 aromatic rings. The van der Waals surface area contributed by atoms with Crippen molar-refractivity contribution in [3.63, 3.8) is 0 Å². The highest BCUT2D eigenvalue weighted by molar-refractivity contribution is 5.93. The lowest BCUT2D eigenvalue weighted by molar-refractivity contribution is -0.385. The van der Waals surface area contributed by atoms with E-state index in [0.29, 0.717) is 11.3 Å². The van der Waals surface area contributed by atoms with Gasteiger partial charge in [0, 0.05) is 11.8 Å². The van der Waals surface area contributed by atoms with Gasteiger partial charge in [0.1, 0.15) is 6.10 Å². The second-order valence-corrected chi connectivity index (χ2v) is 6.80. The molecule has 0 spiro atoms. The summed E-state index contributed by atoms with van der Waals surface area (Å²) >= 11 is 0. The number of amides is 1. The Kier molecular flexibility index (Phi) is 6.78. The Bertz CT molecular complexity index is 875. The number of rotatable bonds is 7. The molecule has 0 unspecified atom stereocenters. The lowest BCUT2D eigenvalue weighted by Crippen LogP contribution is -2.21. The highest BCUT2D eigenvalue weighted by atomic mass is 16.6. The number of ether oxygens (including phenoxy) is 2. The first-order valence-electron chi connectivity index (χ1n) is 9.50. The third-order valence-electron chi connectivity index (χ3n) is 4.65. The van der Waals surface area contributed by atoms with Crippen LogP contribution in [0.15, 0.2) is 48.5 Å². The van der Waals surface area contributed by atoms with Gasteiger partial charge in [-0.05, 0) is 56.0 Å². The SMILES string of the molecule is O=C(COc1ccccc1[N+](=O)[O-])Nc1ccc(C(=O)OC2CCCCC2)cc1. The van der Waals surface area contributed by atoms with E-state index < -0.39 is 10.8 Å². The van der Waals surface area contributed by atoms with Crippen LogP contribution in [0.3, 0.4) is 0 Å². The van der Waals surface area contributed by atoms with Crippen molar-refractivity contribution < 1.29 is 24.0 Å². The molecule has 3 rings (SSSR count). The smallest absolute Gasteiger partial charge is 0.338 e. The summed E-state index contributed by atoms with van der Waals surface area (Å²) in [6, 6.07) is 12.2. The number of carbonyl (C=O) groups excluding carboxylic acids is 2. The first kappa shape index (κ1) is 20.3. The maximum Gasteiger partial charge on any atom is 0.338 e. The fourth-order valence-corrected chi connectivity index (χ4v) is 3.16. The van der Waals surface area contributed by atoms with Gasteiger partial charge in [0.05, 0.1) is 10.5 Å². The molecule has 1 aliphatic carbocycles. The lowest BCUT2D eigenvalue weighted by atomic mass is 9.98. The minimum atomic E-state index is -0.571. The normalized spacial score (nSPS) is 14.1. The van der Waals surface area contributed by atoms with Gasteiger partial charge in [0.25, 0.3) is 5.91 Å². The number of nitrogens with zero attached hydrogens (tertiary/aromatic N) is 1. The number of para-hydroxylation sites is 2. The van der Waals surface area contributed by atoms with Crippen molar-refractivity contribution in [2.45, 2.75) is 38.2 Å². The molecule has 0 radical (unpaired) electrons. The quantitative estimate of drug-likeness (QED) is 0.427. The molecule has 1 aliphatic rings. The van der Waals surface area contributed by atoms with E-state index in [0.717, 1.165) is 25.7 Å². The first-order chi connectivity index (χ1) is 14.0. The Morgan fingerprint density at radius 2 is 1.72 bits per heavy atom. The van der Waals surface area contributed by atoms with Gasteiger partial charge in [-0.15, -0.1) is 0 Å². The topological polar surface area (TPSA) is 108 Å². The van der Waals surface area contributed by atoms with Gasteiger partial charge in [-0.2, -0.15) is 0 Å². The molecule has 1 fully saturated rings. The fraction of sp³-hybridized carbons (Fsp3) is 0.333. The van der Waals surface area contributed by atoms with Gasteiger partial charge >= 0.3 is 11.7 Å². The molecule has 8 heteroatoms. The number of nitro benzene ring substituents is 1. The molecule has 1 N–H and O–H groups in total. The molecule has 1 amide bonds. The number of benzene rings is 2. The second-order valence-electron chi connectivity index (χ2n) is 6.80. The molecule has 29 heavy (non-hydrogen) atoms. The lowest BCUT2D eigenvalue weighted by Gasteiger charge is -2.21. The average Bonchev–Trinajstić information content (AvgIpc) is 2.73. The molecule has 0 atom stereocenters. The Morgan fingerprint density at radius 1 is 1.03 bits per heavy atom. The summed E-state index contributed by atoms with van der Waals surface area (Å²) in [7, 11) is 0. The van der Waals surface area contributed by atoms with Crippen LogP contribution in [0.2, 0.25) is 0 Å². The van der Waals surface area contributed by atoms with Crippen molar-refractivity contribution in [1.29, 1.82) is 0 Å². The van der Waals surface area contributed by atoms with Crippen LogP contribution in [0.5, 0.6) is 5.75 Å². The molecular formula is C21H22N2O6. The number of anilines is 1. The molecule has 152 valence electrons. The van der Waals surface area contributed by atoms with Crippen LogP contribution < -0.4 is 10.1 Å². The van der Waals surface area contributed by atoms with E-state index in [4.69, 9.17) is 9.47 Å². The minimum absolute atomic E-state index is 0.0187. The number of nitro groups is 1. The number of nitrogens with one attached hydrogen (secondary N) is 1. The van der Waals surface area contributed by atoms with Crippen molar-refractivity contribution in [2.24, 2.45) is 0 Å². The maximum atomic E-state index is 12.2. The van der Waals surface area contributed by atoms with E-state index in [1.807, 2.05) is 0 Å². The average molecular weight is 398 g/mol. The van der Waals surface area contributed by atoms with E-state index in [1.165, 1.54) is 24.6 Å². The van der Waals surface area contributed by atoms with E-state index >= 15 is 0 Å². The van der Waals surface area contributed by atoms with Gasteiger partial charge < -0.3 is 14.8 Å². The predicted octanol–water partition coefficient (Wildman–Crippen LogP) is 4.10. The van der Waals surface area contributed by atoms with Crippen molar-refractivity contribution in [3.8, 4) is 5.75 Å². The Morgan fingerprint density at radius 3 is 2.41 bits per heavy atom. The highest BCUT2D eigenvalue weighted by Crippen LogP contribution is 2.26. The van der Waals surface area contributed by atoms with Crippen molar-refractivity contribution in [2.75, 3.05) is 11.9 Å². The van der Waals surface area contributed by atoms with Crippen LogP contribution in [-0.4, -0.2) is 29.5 Å². The van der Waals surface area contributed by atoms with Gasteiger partial charge in [-0.3, -0.25) is 14.9 Å². The standard InChI is InChI=1S/C21H22N2O6/c24-20(14-28-19-9-5-4-8-18(19)23(26)27)22-16-12-10-15(11-13-16)21(25)29-17-6-2-1-3-7-17/h4-5,8-13,17H,1-3,6-7,14H2,(H,22,24). The van der Waals surface area contributed by atoms with Crippen molar-refractivity contribution in [1.82, 2.24) is 0 Å². The monoisotopic (exact) mass is 398 g/mol. The van der Waals surface area contributed by atoms with Crippen LogP contribution in [0.1, 0.15) is 42.5 Å². The van der Waals surface area contributed by atoms with Crippen LogP contribution in [0.25, 0.3) is 0 Å². The third kappa shape index (κ3) is 5.78. The molecule has 0 aromatic heterocycles. The largest absolute Gasteiger partial charge is 0.477 e. The predicted molar refractivity (Wildman–Crippen MR) is 106 cm³/mol. The molecule has 2 aromatic carbocycles. The Balaban J connectivity index is 1.51. The van der Waals surface area contributed by atoms with Crippen molar-refractivity contribution >= 4 is 23.3 Å². The highest BCUT2D eigenvalue weighted by Gasteiger charge is 2.19. The number of hydrogen-bond donors (Lipinski definition) is 1. The summed E-state index contributed by atoms with van der Waals surface area (Å²) in [5, 5.41) is 13.6. The van der Waals surface area contributed by atoms with E-state index in [2.05, 4.69) is 5.32 Å². The van der Waals surface area contributed by atoms with E-state index in [1.54, 1.807) is 30.3 Å². The zero-order valence-corrected chi connectivity index (χ0v) is 15.8. The first-order valence-corrected chi connectivity index (χ1v) is 9.50. The van der Waals surface area contributed by atoms with Crippen LogP contribution in [0.4, 0.5) is 11.4 Å². The molecule has 8 nitrogen and oxygen atoms in total. The summed E-state index contributed by atoms with van der Waals surface area (Å²) in [5.74, 6) is -0.816. The number of esters is 1. The Labute approximate surface area is 168 Å². The summed E-state index contributed by atoms with van der Waals surface area (Å²) < 4.78 is 10.8. The summed E-state index contributed by atoms with van der Waals surface area (Å²) in [6.45, 7) is -0.379. The van der Waals surface area contributed by atoms with Gasteiger partial charge in [0.15, 0.2) is 12.4 Å². The zero-order valence-electron chi connectivity index (χ0n) is 15.8. The molecule has 0 aliphatic heterocycles. The molecule has 0 bridgehead atoms. The van der Waals surface area contributed by atoms with Crippen molar-refractivity contribution in [3.05, 3.63) is 64.2 Å². The third-order valence-corrected chi connectivity index (χ3v) is 4.65. The van der Waals surface area contributed by atoms with Gasteiger partial charge in [-0.25, -0.2) is 4.79 Å². The van der Waals surface area contributed by atoms with Gasteiger partial charge in [0.2, 0.25) is 0 Å². The summed E-state index contributed by atoms with van der Waals surface area (Å²) in [4.78, 5) is 34.6. The maximum absolute atomic E-state index is 12.2. The molecule has 0 heterocycles. The molecule has 0 saturated heterocycles. The van der Waals surface area contributed by atoms with E-state index in [9.17, 15) is 19.7 Å². The second kappa shape index (κ2) is 9.68. The van der Waals surface area contributed by atoms with Gasteiger partial charge in [-0.1, -0.05) is 18.6 Å². The Hall–Kier alpha value is -3.42. The molecule has 1 saturated carbocycles. The fourth-order valence-electron chi connectivity index (χ4n) is 3.16. The minimum Gasteiger partial charge on any atom is -0.477 e.